The van der Waals surface area contributed by atoms with E-state index in [1.807, 2.05) is 0 Å². The summed E-state index contributed by atoms with van der Waals surface area (Å²) >= 11 is 0. The van der Waals surface area contributed by atoms with Gasteiger partial charge in [-0.3, -0.25) is 4.79 Å². The third kappa shape index (κ3) is 1.50. The number of hydrogen-bond acceptors (Lipinski definition) is 3. The Bertz CT molecular complexity index is 134. The summed E-state index contributed by atoms with van der Waals surface area (Å²) in [7, 11) is 0. The molecule has 0 amide bonds. The van der Waals surface area contributed by atoms with Crippen LogP contribution in [0.2, 0.25) is 0 Å². The normalized spacial score (nSPS) is 16.3. The molecule has 0 spiro atoms. The molecule has 0 aliphatic rings. The van der Waals surface area contributed by atoms with Gasteiger partial charge in [0.1, 0.15) is 0 Å². The van der Waals surface area contributed by atoms with Gasteiger partial charge in [-0.2, -0.15) is 0 Å². The molecule has 0 rings (SSSR count). The third-order valence-electron chi connectivity index (χ3n) is 1.18. The summed E-state index contributed by atoms with van der Waals surface area (Å²) in [4.78, 5) is 20.5. The van der Waals surface area contributed by atoms with E-state index in [-0.39, 0.29) is 0 Å². The van der Waals surface area contributed by atoms with Gasteiger partial charge in [-0.15, -0.1) is 0 Å². The van der Waals surface area contributed by atoms with Crippen LogP contribution in [0.25, 0.3) is 0 Å². The highest BCUT2D eigenvalue weighted by Gasteiger charge is 2.32. The summed E-state index contributed by atoms with van der Waals surface area (Å²) in [6.45, 7) is 2.31. The highest BCUT2D eigenvalue weighted by atomic mass is 16.4. The second kappa shape index (κ2) is 2.14. The molecule has 4 heteroatoms. The topological polar surface area (TPSA) is 80.4 Å². The number of carboxylic acid groups (broad SMARTS) is 1. The van der Waals surface area contributed by atoms with E-state index in [2.05, 4.69) is 0 Å². The number of Topliss-reactive ketones (excluding diaryl/α,β-unsaturated/α-hetero) is 1. The molecule has 9 heavy (non-hydrogen) atoms. The molecule has 0 bridgehead atoms. The number of carboxylic acids is 1. The molecule has 0 saturated heterocycles. The predicted octanol–water partition coefficient (Wildman–Crippen LogP) is -0.623. The first-order chi connectivity index (χ1) is 3.89. The lowest BCUT2D eigenvalue weighted by Crippen LogP contribution is -2.50. The van der Waals surface area contributed by atoms with Crippen LogP contribution in [0.5, 0.6) is 0 Å². The van der Waals surface area contributed by atoms with Crippen LogP contribution in [0.15, 0.2) is 0 Å². The SMILES string of the molecule is CC(=O)[C@@](C)(N)C(=O)O. The highest BCUT2D eigenvalue weighted by molar-refractivity contribution is 6.05. The Labute approximate surface area is 52.7 Å². The van der Waals surface area contributed by atoms with Gasteiger partial charge in [0, 0.05) is 0 Å². The van der Waals surface area contributed by atoms with Gasteiger partial charge < -0.3 is 10.8 Å². The summed E-state index contributed by atoms with van der Waals surface area (Å²) in [5.41, 5.74) is 3.33. The molecular weight excluding hydrogens is 122 g/mol. The summed E-state index contributed by atoms with van der Waals surface area (Å²) in [6.07, 6.45) is 0. The van der Waals surface area contributed by atoms with E-state index in [9.17, 15) is 9.59 Å². The molecule has 0 saturated carbocycles. The van der Waals surface area contributed by atoms with Crippen molar-refractivity contribution in [3.05, 3.63) is 0 Å². The maximum Gasteiger partial charge on any atom is 0.331 e. The minimum absolute atomic E-state index is 0.546. The van der Waals surface area contributed by atoms with Crippen LogP contribution in [0.4, 0.5) is 0 Å². The number of hydrogen-bond donors (Lipinski definition) is 2. The standard InChI is InChI=1S/C5H9NO3/c1-3(7)5(2,6)4(8)9/h6H2,1-2H3,(H,8,9)/t5-/m1/s1. The van der Waals surface area contributed by atoms with Crippen molar-refractivity contribution in [3.8, 4) is 0 Å². The second-order valence-electron chi connectivity index (χ2n) is 2.06. The quantitative estimate of drug-likeness (QED) is 0.489. The first kappa shape index (κ1) is 8.10. The summed E-state index contributed by atoms with van der Waals surface area (Å²) in [5.74, 6) is -1.84. The molecule has 0 unspecified atom stereocenters. The molecule has 4 nitrogen and oxygen atoms in total. The van der Waals surface area contributed by atoms with Gasteiger partial charge in [-0.05, 0) is 13.8 Å². The fourth-order valence-electron chi connectivity index (χ4n) is 0.151. The van der Waals surface area contributed by atoms with Crippen molar-refractivity contribution in [3.63, 3.8) is 0 Å². The molecule has 3 N–H and O–H groups in total. The van der Waals surface area contributed by atoms with Crippen molar-refractivity contribution in [2.75, 3.05) is 0 Å². The Morgan fingerprint density at radius 1 is 1.56 bits per heavy atom. The van der Waals surface area contributed by atoms with E-state index in [1.165, 1.54) is 0 Å². The monoisotopic (exact) mass is 131 g/mol. The molecular formula is C5H9NO3. The summed E-state index contributed by atoms with van der Waals surface area (Å²) < 4.78 is 0. The first-order valence-electron chi connectivity index (χ1n) is 2.42. The summed E-state index contributed by atoms with van der Waals surface area (Å²) in [6, 6.07) is 0. The minimum Gasteiger partial charge on any atom is -0.480 e. The molecule has 0 aromatic rings. The second-order valence-corrected chi connectivity index (χ2v) is 2.06. The molecule has 0 aromatic carbocycles. The van der Waals surface area contributed by atoms with Gasteiger partial charge in [-0.25, -0.2) is 4.79 Å². The zero-order valence-corrected chi connectivity index (χ0v) is 5.34. The fraction of sp³-hybridized carbons (Fsp3) is 0.600. The highest BCUT2D eigenvalue weighted by Crippen LogP contribution is 1.98. The van der Waals surface area contributed by atoms with E-state index in [0.29, 0.717) is 0 Å². The number of carbonyl (C=O) groups excluding carboxylic acids is 1. The molecule has 0 radical (unpaired) electrons. The Hall–Kier alpha value is -0.900. The number of ketones is 1. The Morgan fingerprint density at radius 3 is 1.89 bits per heavy atom. The van der Waals surface area contributed by atoms with Gasteiger partial charge in [0.05, 0.1) is 0 Å². The minimum atomic E-state index is -1.72. The van der Waals surface area contributed by atoms with E-state index >= 15 is 0 Å². The maximum atomic E-state index is 10.4. The molecule has 0 fully saturated rings. The van der Waals surface area contributed by atoms with Gasteiger partial charge in [0.25, 0.3) is 0 Å². The van der Waals surface area contributed by atoms with Gasteiger partial charge in [0.2, 0.25) is 0 Å². The predicted molar refractivity (Wildman–Crippen MR) is 30.9 cm³/mol. The van der Waals surface area contributed by atoms with E-state index in [0.717, 1.165) is 13.8 Å². The van der Waals surface area contributed by atoms with Crippen LogP contribution in [0, 0.1) is 0 Å². The van der Waals surface area contributed by atoms with Crippen LogP contribution < -0.4 is 5.73 Å². The Balaban J connectivity index is 4.38. The zero-order chi connectivity index (χ0) is 7.65. The van der Waals surface area contributed by atoms with Crippen LogP contribution in [0.1, 0.15) is 13.8 Å². The molecule has 0 heterocycles. The van der Waals surface area contributed by atoms with Gasteiger partial charge >= 0.3 is 5.97 Å². The lowest BCUT2D eigenvalue weighted by atomic mass is 10.00. The molecule has 1 atom stereocenters. The van der Waals surface area contributed by atoms with Crippen LogP contribution in [-0.4, -0.2) is 22.4 Å². The van der Waals surface area contributed by atoms with E-state index < -0.39 is 17.3 Å². The molecule has 0 aliphatic heterocycles. The molecule has 0 aromatic heterocycles. The van der Waals surface area contributed by atoms with Crippen LogP contribution in [0.3, 0.4) is 0 Å². The van der Waals surface area contributed by atoms with Gasteiger partial charge in [-0.1, -0.05) is 0 Å². The number of rotatable bonds is 2. The average molecular weight is 131 g/mol. The fourth-order valence-corrected chi connectivity index (χ4v) is 0.151. The molecule has 0 aliphatic carbocycles. The van der Waals surface area contributed by atoms with Crippen molar-refractivity contribution in [2.45, 2.75) is 19.4 Å². The van der Waals surface area contributed by atoms with Gasteiger partial charge in [0.15, 0.2) is 11.3 Å². The van der Waals surface area contributed by atoms with Crippen LogP contribution >= 0.6 is 0 Å². The van der Waals surface area contributed by atoms with E-state index in [1.54, 1.807) is 0 Å². The number of nitrogens with two attached hydrogens (primary N) is 1. The first-order valence-corrected chi connectivity index (χ1v) is 2.42. The average Bonchev–Trinajstić information content (AvgIpc) is 1.65. The van der Waals surface area contributed by atoms with Crippen molar-refractivity contribution in [1.29, 1.82) is 0 Å². The van der Waals surface area contributed by atoms with Crippen LogP contribution in [-0.2, 0) is 9.59 Å². The lowest BCUT2D eigenvalue weighted by Gasteiger charge is -2.13. The number of carbonyl (C=O) groups is 2. The van der Waals surface area contributed by atoms with Crippen molar-refractivity contribution in [2.24, 2.45) is 5.73 Å². The summed E-state index contributed by atoms with van der Waals surface area (Å²) in [5, 5.41) is 8.27. The smallest absolute Gasteiger partial charge is 0.331 e. The Kier molecular flexibility index (Phi) is 1.93. The van der Waals surface area contributed by atoms with Crippen molar-refractivity contribution >= 4 is 11.8 Å². The largest absolute Gasteiger partial charge is 0.480 e. The van der Waals surface area contributed by atoms with Crippen molar-refractivity contribution in [1.82, 2.24) is 0 Å². The maximum absolute atomic E-state index is 10.4. The third-order valence-corrected chi connectivity index (χ3v) is 1.18. The lowest BCUT2D eigenvalue weighted by molar-refractivity contribution is -0.146. The van der Waals surface area contributed by atoms with E-state index in [4.69, 9.17) is 10.8 Å². The molecule has 52 valence electrons. The zero-order valence-electron chi connectivity index (χ0n) is 5.34. The number of aliphatic carboxylic acids is 1. The van der Waals surface area contributed by atoms with Crippen molar-refractivity contribution < 1.29 is 14.7 Å². The Morgan fingerprint density at radius 2 is 1.89 bits per heavy atom.